The van der Waals surface area contributed by atoms with Crippen molar-refractivity contribution >= 4 is 58.0 Å². The van der Waals surface area contributed by atoms with Gasteiger partial charge < -0.3 is 34.6 Å². The molecule has 15 nitrogen and oxygen atoms in total. The van der Waals surface area contributed by atoms with E-state index >= 15 is 0 Å². The molecule has 69 heavy (non-hydrogen) atoms. The molecule has 0 saturated carbocycles. The Labute approximate surface area is 406 Å². The number of nitro groups is 1. The lowest BCUT2D eigenvalue weighted by molar-refractivity contribution is -0.384. The van der Waals surface area contributed by atoms with Crippen molar-refractivity contribution in [3.63, 3.8) is 0 Å². The number of carbonyl (C=O) groups excluding carboxylic acids is 4. The summed E-state index contributed by atoms with van der Waals surface area (Å²) in [6, 6.07) is 27.6. The number of non-ortho nitro benzene ring substituents is 1. The molecule has 4 amide bonds. The molecule has 1 aromatic heterocycles. The van der Waals surface area contributed by atoms with Gasteiger partial charge in [-0.2, -0.15) is 0 Å². The first-order valence-corrected chi connectivity index (χ1v) is 23.9. The van der Waals surface area contributed by atoms with Gasteiger partial charge in [0.2, 0.25) is 17.7 Å². The van der Waals surface area contributed by atoms with E-state index in [0.717, 1.165) is 44.1 Å². The summed E-state index contributed by atoms with van der Waals surface area (Å²) < 4.78 is 17.1. The summed E-state index contributed by atoms with van der Waals surface area (Å²) in [6.45, 7) is 11.0. The van der Waals surface area contributed by atoms with Gasteiger partial charge in [-0.15, -0.1) is 11.3 Å². The Morgan fingerprint density at radius 1 is 0.928 bits per heavy atom. The zero-order valence-corrected chi connectivity index (χ0v) is 40.3. The van der Waals surface area contributed by atoms with Gasteiger partial charge in [0.1, 0.15) is 31.0 Å². The van der Waals surface area contributed by atoms with Gasteiger partial charge in [0.15, 0.2) is 0 Å². The average Bonchev–Trinajstić information content (AvgIpc) is 4.07. The maximum absolute atomic E-state index is 14.0. The third-order valence-corrected chi connectivity index (χ3v) is 13.0. The van der Waals surface area contributed by atoms with Gasteiger partial charge >= 0.3 is 0 Å². The van der Waals surface area contributed by atoms with Crippen LogP contribution in [0.2, 0.25) is 0 Å². The fraction of sp³-hybridized carbons (Fsp3) is 0.340. The lowest BCUT2D eigenvalue weighted by Gasteiger charge is -2.35. The minimum Gasteiger partial charge on any atom is -0.491 e. The first-order valence-electron chi connectivity index (χ1n) is 23.0. The molecule has 2 N–H and O–H groups in total. The number of hydrogen-bond acceptors (Lipinski definition) is 11. The van der Waals surface area contributed by atoms with Gasteiger partial charge in [0, 0.05) is 29.8 Å². The van der Waals surface area contributed by atoms with E-state index in [-0.39, 0.29) is 62.5 Å². The van der Waals surface area contributed by atoms with Crippen LogP contribution < -0.4 is 20.3 Å². The Hall–Kier alpha value is -7.01. The van der Waals surface area contributed by atoms with Crippen LogP contribution in [0.5, 0.6) is 5.75 Å². The second kappa shape index (κ2) is 22.9. The number of rotatable bonds is 20. The number of likely N-dealkylation sites (tertiary alicyclic amines) is 1. The number of nitrogens with one attached hydrogen (secondary N) is 2. The Balaban J connectivity index is 0.804. The highest BCUT2D eigenvalue weighted by Crippen LogP contribution is 2.38. The number of hydrogen-bond donors (Lipinski definition) is 2. The van der Waals surface area contributed by atoms with Crippen molar-refractivity contribution in [3.8, 4) is 16.2 Å². The molecule has 5 aromatic rings. The number of aryl methyl sites for hydroxylation is 1. The van der Waals surface area contributed by atoms with Gasteiger partial charge in [-0.25, -0.2) is 4.98 Å². The number of nitrogens with zero attached hydrogens (tertiary/aromatic N) is 4. The van der Waals surface area contributed by atoms with Crippen LogP contribution in [-0.4, -0.2) is 90.1 Å². The number of fused-ring (bicyclic) bond motifs is 1. The van der Waals surface area contributed by atoms with Gasteiger partial charge in [-0.3, -0.25) is 29.3 Å². The topological polar surface area (TPSA) is 183 Å². The number of carbonyl (C=O) groups is 4. The number of para-hydroxylation sites is 1. The molecule has 1 saturated heterocycles. The van der Waals surface area contributed by atoms with Crippen molar-refractivity contribution in [1.29, 1.82) is 0 Å². The molecule has 3 heterocycles. The molecule has 0 spiro atoms. The maximum atomic E-state index is 14.0. The summed E-state index contributed by atoms with van der Waals surface area (Å²) in [5, 5.41) is 16.9. The fourth-order valence-corrected chi connectivity index (χ4v) is 9.09. The van der Waals surface area contributed by atoms with Gasteiger partial charge in [0.05, 0.1) is 59.1 Å². The lowest BCUT2D eigenvalue weighted by atomic mass is 9.85. The van der Waals surface area contributed by atoms with Crippen LogP contribution in [0.1, 0.15) is 74.5 Å². The highest BCUT2D eigenvalue weighted by Gasteiger charge is 2.42. The average molecular weight is 955 g/mol. The zero-order valence-electron chi connectivity index (χ0n) is 39.5. The Bertz CT molecular complexity index is 2680. The van der Waals surface area contributed by atoms with Crippen LogP contribution in [0.25, 0.3) is 22.1 Å². The van der Waals surface area contributed by atoms with Crippen molar-refractivity contribution in [2.75, 3.05) is 44.5 Å². The molecule has 4 aromatic carbocycles. The zero-order chi connectivity index (χ0) is 49.1. The lowest BCUT2D eigenvalue weighted by Crippen LogP contribution is -2.58. The minimum atomic E-state index is -0.869. The summed E-state index contributed by atoms with van der Waals surface area (Å²) in [4.78, 5) is 73.6. The standard InChI is InChI=1S/C53H58N6O9S/c1-35(39-19-21-40(22-20-39)48-36(2)54-34-69-48)55-50(61)46-14-9-27-57(46)52(63)49(53(3,4)5)56-47(60)33-67-29-28-66-30-31-68-42-25-17-38(18-26-42)32-58-45-13-7-6-11-43(45)44(51(58)62)12-8-10-37-15-23-41(24-16-37)59(64)65/h6-8,10-13,15-26,34-35,46,49H,9,14,27-33H2,1-5H3,(H,55,61)(H,56,60)/b10-8+,44-12-/t35-,46?,49?/m0/s1. The molecule has 0 aliphatic carbocycles. The number of amides is 4. The Morgan fingerprint density at radius 3 is 2.33 bits per heavy atom. The normalized spacial score (nSPS) is 16.2. The van der Waals surface area contributed by atoms with E-state index in [4.69, 9.17) is 14.2 Å². The van der Waals surface area contributed by atoms with E-state index < -0.39 is 28.3 Å². The molecule has 1 fully saturated rings. The molecular formula is C53H58N6O9S. The first-order chi connectivity index (χ1) is 33.2. The predicted molar refractivity (Wildman–Crippen MR) is 266 cm³/mol. The van der Waals surface area contributed by atoms with E-state index in [0.29, 0.717) is 37.3 Å². The second-order valence-electron chi connectivity index (χ2n) is 18.0. The molecule has 7 rings (SSSR count). The van der Waals surface area contributed by atoms with Crippen molar-refractivity contribution in [1.82, 2.24) is 20.5 Å². The minimum absolute atomic E-state index is 0.0151. The smallest absolute Gasteiger partial charge is 0.269 e. The van der Waals surface area contributed by atoms with E-state index in [1.165, 1.54) is 12.1 Å². The van der Waals surface area contributed by atoms with Crippen molar-refractivity contribution in [2.45, 2.75) is 72.1 Å². The van der Waals surface area contributed by atoms with Crippen LogP contribution in [0.3, 0.4) is 0 Å². The highest BCUT2D eigenvalue weighted by molar-refractivity contribution is 7.13. The van der Waals surface area contributed by atoms with Crippen molar-refractivity contribution in [3.05, 3.63) is 153 Å². The third-order valence-electron chi connectivity index (χ3n) is 12.0. The Morgan fingerprint density at radius 2 is 1.64 bits per heavy atom. The fourth-order valence-electron chi connectivity index (χ4n) is 8.28. The van der Waals surface area contributed by atoms with Gasteiger partial charge in [0.25, 0.3) is 11.6 Å². The second-order valence-corrected chi connectivity index (χ2v) is 18.9. The van der Waals surface area contributed by atoms with Crippen LogP contribution >= 0.6 is 11.3 Å². The van der Waals surface area contributed by atoms with Gasteiger partial charge in [-0.05, 0) is 90.8 Å². The quantitative estimate of drug-likeness (QED) is 0.0332. The van der Waals surface area contributed by atoms with Crippen LogP contribution in [0.15, 0.2) is 115 Å². The van der Waals surface area contributed by atoms with E-state index in [9.17, 15) is 29.3 Å². The number of ether oxygens (including phenoxy) is 3. The number of thiazole rings is 1. The molecule has 16 heteroatoms. The number of allylic oxidation sites excluding steroid dienone is 2. The largest absolute Gasteiger partial charge is 0.491 e. The molecular weight excluding hydrogens is 897 g/mol. The predicted octanol–water partition coefficient (Wildman–Crippen LogP) is 8.48. The third kappa shape index (κ3) is 12.8. The molecule has 0 radical (unpaired) electrons. The summed E-state index contributed by atoms with van der Waals surface area (Å²) in [6.07, 6.45) is 6.55. The van der Waals surface area contributed by atoms with Gasteiger partial charge in [-0.1, -0.05) is 87.5 Å². The van der Waals surface area contributed by atoms with E-state index in [1.807, 2.05) is 113 Å². The van der Waals surface area contributed by atoms with E-state index in [2.05, 4.69) is 15.6 Å². The number of benzene rings is 4. The molecule has 2 aliphatic heterocycles. The monoisotopic (exact) mass is 954 g/mol. The Kier molecular flexibility index (Phi) is 16.5. The molecule has 0 bridgehead atoms. The van der Waals surface area contributed by atoms with Crippen LogP contribution in [-0.2, 0) is 35.2 Å². The maximum Gasteiger partial charge on any atom is 0.269 e. The SMILES string of the molecule is Cc1ncsc1-c1ccc([C@H](C)NC(=O)C2CCCN2C(=O)C(NC(=O)COCCOCCOc2ccc(CN3C(=O)/C(=C\C=C\c4ccc([N+](=O)[O-])cc4)c4ccccc43)cc2)C(C)(C)C)cc1. The number of nitro benzene ring substituents is 1. The van der Waals surface area contributed by atoms with Crippen LogP contribution in [0, 0.1) is 22.5 Å². The number of aromatic nitrogens is 1. The van der Waals surface area contributed by atoms with Crippen molar-refractivity contribution < 1.29 is 38.3 Å². The summed E-state index contributed by atoms with van der Waals surface area (Å²) in [5.41, 5.74) is 8.10. The number of anilines is 1. The molecule has 2 aliphatic rings. The highest BCUT2D eigenvalue weighted by atomic mass is 32.1. The summed E-state index contributed by atoms with van der Waals surface area (Å²) >= 11 is 1.59. The van der Waals surface area contributed by atoms with Crippen molar-refractivity contribution in [2.24, 2.45) is 5.41 Å². The van der Waals surface area contributed by atoms with Crippen LogP contribution in [0.4, 0.5) is 11.4 Å². The van der Waals surface area contributed by atoms with E-state index in [1.54, 1.807) is 51.5 Å². The molecule has 3 atom stereocenters. The first kappa shape index (κ1) is 49.9. The summed E-state index contributed by atoms with van der Waals surface area (Å²) in [5.74, 6) is -0.448. The summed E-state index contributed by atoms with van der Waals surface area (Å²) in [7, 11) is 0. The molecule has 360 valence electrons. The molecule has 2 unspecified atom stereocenters.